The van der Waals surface area contributed by atoms with Gasteiger partial charge in [0.05, 0.1) is 6.42 Å². The van der Waals surface area contributed by atoms with E-state index >= 15 is 0 Å². The predicted octanol–water partition coefficient (Wildman–Crippen LogP) is 2.99. The van der Waals surface area contributed by atoms with Gasteiger partial charge in [-0.25, -0.2) is 9.97 Å². The molecule has 0 saturated carbocycles. The number of hydrogen-bond acceptors (Lipinski definition) is 7. The Labute approximate surface area is 185 Å². The number of rotatable bonds is 6. The number of aryl methyl sites for hydroxylation is 4. The van der Waals surface area contributed by atoms with E-state index < -0.39 is 0 Å². The third-order valence-corrected chi connectivity index (χ3v) is 5.25. The molecular weight excluding hydrogens is 406 g/mol. The summed E-state index contributed by atoms with van der Waals surface area (Å²) in [5, 5.41) is 7.06. The van der Waals surface area contributed by atoms with Crippen molar-refractivity contribution < 1.29 is 9.53 Å². The van der Waals surface area contributed by atoms with Gasteiger partial charge in [-0.05, 0) is 50.5 Å². The molecule has 0 atom stereocenters. The highest BCUT2D eigenvalue weighted by Gasteiger charge is 2.15. The molecule has 0 bridgehead atoms. The third-order valence-electron chi connectivity index (χ3n) is 5.25. The van der Waals surface area contributed by atoms with E-state index in [-0.39, 0.29) is 18.3 Å². The van der Waals surface area contributed by atoms with Crippen LogP contribution >= 0.6 is 0 Å². The minimum atomic E-state index is -0.124. The van der Waals surface area contributed by atoms with E-state index in [2.05, 4.69) is 25.4 Å². The number of benzene rings is 1. The number of aromatic nitrogens is 5. The number of nitrogens with zero attached hydrogens (tertiary/aromatic N) is 5. The largest absolute Gasteiger partial charge is 0.439 e. The molecule has 4 aromatic rings. The number of nitrogens with one attached hydrogen (secondary N) is 1. The van der Waals surface area contributed by atoms with Crippen molar-refractivity contribution in [1.82, 2.24) is 29.9 Å². The molecule has 0 radical (unpaired) electrons. The van der Waals surface area contributed by atoms with E-state index in [0.29, 0.717) is 18.2 Å². The molecule has 0 aliphatic rings. The second-order valence-electron chi connectivity index (χ2n) is 7.77. The fraction of sp³-hybridized carbons (Fsp3) is 0.261. The number of carbonyl (C=O) groups excluding carboxylic acids is 1. The van der Waals surface area contributed by atoms with Crippen molar-refractivity contribution in [3.8, 4) is 11.6 Å². The Morgan fingerprint density at radius 1 is 1.12 bits per heavy atom. The summed E-state index contributed by atoms with van der Waals surface area (Å²) in [4.78, 5) is 25.4. The van der Waals surface area contributed by atoms with Crippen molar-refractivity contribution >= 4 is 17.6 Å². The predicted molar refractivity (Wildman–Crippen MR) is 120 cm³/mol. The summed E-state index contributed by atoms with van der Waals surface area (Å²) in [5.41, 5.74) is 11.0. The lowest BCUT2D eigenvalue weighted by Gasteiger charge is -2.11. The maximum Gasteiger partial charge on any atom is 0.254 e. The topological polar surface area (TPSA) is 120 Å². The number of carbonyl (C=O) groups is 1. The average Bonchev–Trinajstić information content (AvgIpc) is 3.13. The Morgan fingerprint density at radius 3 is 2.69 bits per heavy atom. The first kappa shape index (κ1) is 21.2. The molecule has 0 spiro atoms. The summed E-state index contributed by atoms with van der Waals surface area (Å²) in [7, 11) is 0. The van der Waals surface area contributed by atoms with Crippen LogP contribution in [-0.2, 0) is 17.8 Å². The molecule has 4 rings (SSSR count). The van der Waals surface area contributed by atoms with Crippen LogP contribution in [0.5, 0.6) is 11.6 Å². The number of nitrogen functional groups attached to an aromatic ring is 1. The minimum absolute atomic E-state index is 0.124. The zero-order chi connectivity index (χ0) is 22.8. The van der Waals surface area contributed by atoms with Gasteiger partial charge in [0.2, 0.25) is 17.7 Å². The number of amides is 1. The fourth-order valence-corrected chi connectivity index (χ4v) is 3.41. The number of nitrogens with two attached hydrogens (primary N) is 1. The molecule has 0 aliphatic heterocycles. The quantitative estimate of drug-likeness (QED) is 0.481. The molecule has 0 fully saturated rings. The van der Waals surface area contributed by atoms with Crippen LogP contribution in [0.15, 0.2) is 36.5 Å². The van der Waals surface area contributed by atoms with Gasteiger partial charge < -0.3 is 15.8 Å². The lowest BCUT2D eigenvalue weighted by molar-refractivity contribution is -0.120. The van der Waals surface area contributed by atoms with E-state index in [4.69, 9.17) is 10.5 Å². The highest BCUT2D eigenvalue weighted by molar-refractivity contribution is 5.79. The van der Waals surface area contributed by atoms with E-state index in [1.807, 2.05) is 52.0 Å². The SMILES string of the molecule is Cc1ccc(C)c(Oc2ccc(CNC(=O)Cc3c(C)nc4nc(N)nn4c3C)cn2)c1. The third kappa shape index (κ3) is 4.51. The number of fused-ring (bicyclic) bond motifs is 1. The van der Waals surface area contributed by atoms with Gasteiger partial charge in [-0.15, -0.1) is 5.10 Å². The summed E-state index contributed by atoms with van der Waals surface area (Å²) in [6.45, 7) is 8.09. The van der Waals surface area contributed by atoms with Crippen molar-refractivity contribution in [2.24, 2.45) is 0 Å². The van der Waals surface area contributed by atoms with Crippen LogP contribution in [0.1, 0.15) is 33.6 Å². The summed E-state index contributed by atoms with van der Waals surface area (Å²) in [5.74, 6) is 1.74. The smallest absolute Gasteiger partial charge is 0.254 e. The van der Waals surface area contributed by atoms with Gasteiger partial charge in [0.25, 0.3) is 5.78 Å². The normalized spacial score (nSPS) is 11.0. The number of ether oxygens (including phenoxy) is 1. The molecule has 3 aromatic heterocycles. The second-order valence-corrected chi connectivity index (χ2v) is 7.77. The summed E-state index contributed by atoms with van der Waals surface area (Å²) >= 11 is 0. The molecular formula is C23H25N7O2. The summed E-state index contributed by atoms with van der Waals surface area (Å²) < 4.78 is 7.44. The number of anilines is 1. The molecule has 1 amide bonds. The van der Waals surface area contributed by atoms with Crippen LogP contribution in [0, 0.1) is 27.7 Å². The monoisotopic (exact) mass is 431 g/mol. The molecule has 9 heteroatoms. The molecule has 3 N–H and O–H groups in total. The Bertz CT molecular complexity index is 1300. The molecule has 0 aliphatic carbocycles. The lowest BCUT2D eigenvalue weighted by Crippen LogP contribution is -2.26. The molecule has 9 nitrogen and oxygen atoms in total. The summed E-state index contributed by atoms with van der Waals surface area (Å²) in [6.07, 6.45) is 1.88. The van der Waals surface area contributed by atoms with Gasteiger partial charge in [0.15, 0.2) is 0 Å². The van der Waals surface area contributed by atoms with Crippen molar-refractivity contribution in [2.45, 2.75) is 40.7 Å². The number of pyridine rings is 1. The lowest BCUT2D eigenvalue weighted by atomic mass is 10.1. The van der Waals surface area contributed by atoms with Gasteiger partial charge in [-0.3, -0.25) is 4.79 Å². The van der Waals surface area contributed by atoms with Crippen LogP contribution in [0.2, 0.25) is 0 Å². The van der Waals surface area contributed by atoms with E-state index in [0.717, 1.165) is 39.4 Å². The standard InChI is InChI=1S/C23H25N7O2/c1-13-5-6-14(2)19(9-13)32-21-8-7-17(12-26-21)11-25-20(31)10-18-15(3)27-23-28-22(24)29-30(23)16(18)4/h5-9,12H,10-11H2,1-4H3,(H2,24,29)(H,25,31). The Kier molecular flexibility index (Phi) is 5.72. The maximum atomic E-state index is 12.6. The maximum absolute atomic E-state index is 12.6. The van der Waals surface area contributed by atoms with Crippen LogP contribution in [0.25, 0.3) is 5.78 Å². The van der Waals surface area contributed by atoms with Gasteiger partial charge in [-0.2, -0.15) is 9.50 Å². The molecule has 164 valence electrons. The molecule has 32 heavy (non-hydrogen) atoms. The second kappa shape index (κ2) is 8.62. The highest BCUT2D eigenvalue weighted by atomic mass is 16.5. The van der Waals surface area contributed by atoms with Crippen molar-refractivity contribution in [3.05, 3.63) is 70.2 Å². The molecule has 3 heterocycles. The first-order valence-corrected chi connectivity index (χ1v) is 10.2. The van der Waals surface area contributed by atoms with Crippen molar-refractivity contribution in [2.75, 3.05) is 5.73 Å². The molecule has 0 unspecified atom stereocenters. The molecule has 1 aromatic carbocycles. The van der Waals surface area contributed by atoms with Crippen LogP contribution in [0.3, 0.4) is 0 Å². The van der Waals surface area contributed by atoms with Gasteiger partial charge in [0, 0.05) is 35.8 Å². The van der Waals surface area contributed by atoms with Gasteiger partial charge in [0.1, 0.15) is 5.75 Å². The first-order valence-electron chi connectivity index (χ1n) is 10.2. The van der Waals surface area contributed by atoms with E-state index in [9.17, 15) is 4.79 Å². The Balaban J connectivity index is 1.38. The van der Waals surface area contributed by atoms with Crippen LogP contribution < -0.4 is 15.8 Å². The van der Waals surface area contributed by atoms with E-state index in [1.165, 1.54) is 0 Å². The van der Waals surface area contributed by atoms with Crippen LogP contribution in [0.4, 0.5) is 5.95 Å². The number of hydrogen-bond donors (Lipinski definition) is 2. The van der Waals surface area contributed by atoms with Gasteiger partial charge in [-0.1, -0.05) is 18.2 Å². The first-order chi connectivity index (χ1) is 15.3. The Morgan fingerprint density at radius 2 is 1.94 bits per heavy atom. The Hall–Kier alpha value is -4.01. The average molecular weight is 432 g/mol. The summed E-state index contributed by atoms with van der Waals surface area (Å²) in [6, 6.07) is 9.72. The van der Waals surface area contributed by atoms with E-state index in [1.54, 1.807) is 16.8 Å². The highest BCUT2D eigenvalue weighted by Crippen LogP contribution is 2.24. The molecule has 0 saturated heterocycles. The minimum Gasteiger partial charge on any atom is -0.439 e. The van der Waals surface area contributed by atoms with Crippen LogP contribution in [-0.4, -0.2) is 30.5 Å². The fourth-order valence-electron chi connectivity index (χ4n) is 3.41. The van der Waals surface area contributed by atoms with Gasteiger partial charge >= 0.3 is 0 Å². The van der Waals surface area contributed by atoms with Crippen molar-refractivity contribution in [1.29, 1.82) is 0 Å². The van der Waals surface area contributed by atoms with Crippen molar-refractivity contribution in [3.63, 3.8) is 0 Å². The zero-order valence-electron chi connectivity index (χ0n) is 18.5. The zero-order valence-corrected chi connectivity index (χ0v) is 18.5.